The lowest BCUT2D eigenvalue weighted by molar-refractivity contribution is 0.0555. The predicted octanol–water partition coefficient (Wildman–Crippen LogP) is 1.66. The molecule has 1 fully saturated rings. The van der Waals surface area contributed by atoms with Crippen molar-refractivity contribution < 1.29 is 9.26 Å². The topological polar surface area (TPSA) is 60.2 Å². The van der Waals surface area contributed by atoms with E-state index in [1.54, 1.807) is 7.11 Å². The highest BCUT2D eigenvalue weighted by atomic mass is 32.2. The van der Waals surface area contributed by atoms with Crippen LogP contribution in [-0.4, -0.2) is 41.3 Å². The molecule has 2 unspecified atom stereocenters. The predicted molar refractivity (Wildman–Crippen MR) is 71.7 cm³/mol. The number of nitrogens with one attached hydrogen (secondary N) is 1. The zero-order chi connectivity index (χ0) is 13.0. The largest absolute Gasteiger partial charge is 0.373 e. The molecule has 0 spiro atoms. The van der Waals surface area contributed by atoms with E-state index in [9.17, 15) is 0 Å². The van der Waals surface area contributed by atoms with Crippen molar-refractivity contribution in [3.8, 4) is 0 Å². The van der Waals surface area contributed by atoms with E-state index in [0.717, 1.165) is 18.7 Å². The van der Waals surface area contributed by atoms with Crippen molar-refractivity contribution in [2.75, 3.05) is 25.2 Å². The van der Waals surface area contributed by atoms with Crippen LogP contribution in [0.3, 0.4) is 0 Å². The normalized spacial score (nSPS) is 22.3. The van der Waals surface area contributed by atoms with E-state index in [0.29, 0.717) is 23.7 Å². The third kappa shape index (κ3) is 3.46. The summed E-state index contributed by atoms with van der Waals surface area (Å²) in [5.41, 5.74) is 0. The van der Waals surface area contributed by atoms with Crippen LogP contribution in [0.4, 0.5) is 0 Å². The average Bonchev–Trinajstić information content (AvgIpc) is 2.79. The minimum Gasteiger partial charge on any atom is -0.373 e. The molecular weight excluding hydrogens is 250 g/mol. The molecule has 0 aromatic carbocycles. The number of rotatable bonds is 5. The van der Waals surface area contributed by atoms with Crippen molar-refractivity contribution in [2.45, 2.75) is 32.4 Å². The first-order valence-corrected chi connectivity index (χ1v) is 7.52. The number of hydrogen-bond acceptors (Lipinski definition) is 6. The first kappa shape index (κ1) is 13.8. The van der Waals surface area contributed by atoms with E-state index in [1.807, 2.05) is 11.8 Å². The minimum atomic E-state index is -0.0869. The monoisotopic (exact) mass is 271 g/mol. The van der Waals surface area contributed by atoms with Crippen LogP contribution in [0.15, 0.2) is 4.52 Å². The van der Waals surface area contributed by atoms with Crippen molar-refractivity contribution in [1.29, 1.82) is 0 Å². The second-order valence-corrected chi connectivity index (χ2v) is 6.03. The summed E-state index contributed by atoms with van der Waals surface area (Å²) in [5, 5.41) is 7.49. The molecule has 0 aliphatic carbocycles. The summed E-state index contributed by atoms with van der Waals surface area (Å²) in [6.07, 6.45) is 0.713. The molecule has 2 heterocycles. The lowest BCUT2D eigenvalue weighted by atomic mass is 10.1. The van der Waals surface area contributed by atoms with E-state index >= 15 is 0 Å². The number of nitrogens with zero attached hydrogens (tertiary/aromatic N) is 2. The molecule has 5 nitrogen and oxygen atoms in total. The molecule has 1 aliphatic rings. The van der Waals surface area contributed by atoms with Gasteiger partial charge in [-0.1, -0.05) is 19.0 Å². The SMILES string of the molecule is COC(c1noc(CC2CSCCN2)n1)C(C)C. The van der Waals surface area contributed by atoms with E-state index in [1.165, 1.54) is 5.75 Å². The number of aromatic nitrogens is 2. The highest BCUT2D eigenvalue weighted by Crippen LogP contribution is 2.22. The Bertz CT molecular complexity index is 364. The van der Waals surface area contributed by atoms with Gasteiger partial charge in [0.15, 0.2) is 0 Å². The van der Waals surface area contributed by atoms with Gasteiger partial charge in [-0.2, -0.15) is 16.7 Å². The maximum atomic E-state index is 5.40. The summed E-state index contributed by atoms with van der Waals surface area (Å²) >= 11 is 1.97. The maximum absolute atomic E-state index is 5.40. The summed E-state index contributed by atoms with van der Waals surface area (Å²) in [5.74, 6) is 3.99. The Morgan fingerprint density at radius 1 is 1.56 bits per heavy atom. The summed E-state index contributed by atoms with van der Waals surface area (Å²) in [6.45, 7) is 5.23. The Balaban J connectivity index is 1.96. The maximum Gasteiger partial charge on any atom is 0.228 e. The van der Waals surface area contributed by atoms with Gasteiger partial charge >= 0.3 is 0 Å². The molecule has 1 N–H and O–H groups in total. The standard InChI is InChI=1S/C12H21N3O2S/c1-8(2)11(16-3)12-14-10(17-15-12)6-9-7-18-5-4-13-9/h8-9,11,13H,4-7H2,1-3H3. The zero-order valence-corrected chi connectivity index (χ0v) is 12.0. The molecule has 0 radical (unpaired) electrons. The van der Waals surface area contributed by atoms with Crippen LogP contribution in [0.25, 0.3) is 0 Å². The van der Waals surface area contributed by atoms with Crippen LogP contribution in [0.5, 0.6) is 0 Å². The van der Waals surface area contributed by atoms with Crippen molar-refractivity contribution in [2.24, 2.45) is 5.92 Å². The Labute approximate surface area is 112 Å². The summed E-state index contributed by atoms with van der Waals surface area (Å²) < 4.78 is 10.7. The van der Waals surface area contributed by atoms with Crippen molar-refractivity contribution in [3.05, 3.63) is 11.7 Å². The van der Waals surface area contributed by atoms with Crippen LogP contribution in [0, 0.1) is 5.92 Å². The Morgan fingerprint density at radius 3 is 3.00 bits per heavy atom. The van der Waals surface area contributed by atoms with Crippen molar-refractivity contribution in [3.63, 3.8) is 0 Å². The van der Waals surface area contributed by atoms with E-state index in [-0.39, 0.29) is 6.10 Å². The summed E-state index contributed by atoms with van der Waals surface area (Å²) in [7, 11) is 1.68. The number of thioether (sulfide) groups is 1. The van der Waals surface area contributed by atoms with Gasteiger partial charge < -0.3 is 14.6 Å². The molecule has 2 atom stereocenters. The molecule has 102 valence electrons. The molecule has 1 aliphatic heterocycles. The second-order valence-electron chi connectivity index (χ2n) is 4.88. The van der Waals surface area contributed by atoms with Crippen LogP contribution in [0.1, 0.15) is 31.7 Å². The molecular formula is C12H21N3O2S. The third-order valence-corrected chi connectivity index (χ3v) is 4.15. The fourth-order valence-electron chi connectivity index (χ4n) is 2.10. The number of hydrogen-bond donors (Lipinski definition) is 1. The molecule has 0 amide bonds. The fourth-order valence-corrected chi connectivity index (χ4v) is 3.05. The van der Waals surface area contributed by atoms with Crippen molar-refractivity contribution in [1.82, 2.24) is 15.5 Å². The van der Waals surface area contributed by atoms with Gasteiger partial charge in [0, 0.05) is 37.6 Å². The lowest BCUT2D eigenvalue weighted by Crippen LogP contribution is -2.38. The molecule has 1 aromatic heterocycles. The smallest absolute Gasteiger partial charge is 0.228 e. The lowest BCUT2D eigenvalue weighted by Gasteiger charge is -2.21. The average molecular weight is 271 g/mol. The van der Waals surface area contributed by atoms with Gasteiger partial charge in [-0.05, 0) is 5.92 Å². The van der Waals surface area contributed by atoms with Crippen LogP contribution in [0.2, 0.25) is 0 Å². The second kappa shape index (κ2) is 6.54. The van der Waals surface area contributed by atoms with Crippen LogP contribution >= 0.6 is 11.8 Å². The number of methoxy groups -OCH3 is 1. The Kier molecular flexibility index (Phi) is 5.03. The van der Waals surface area contributed by atoms with Gasteiger partial charge in [-0.3, -0.25) is 0 Å². The van der Waals surface area contributed by atoms with Gasteiger partial charge in [0.05, 0.1) is 0 Å². The molecule has 2 rings (SSSR count). The Hall–Kier alpha value is -0.590. The quantitative estimate of drug-likeness (QED) is 0.879. The van der Waals surface area contributed by atoms with E-state index in [2.05, 4.69) is 29.3 Å². The van der Waals surface area contributed by atoms with E-state index < -0.39 is 0 Å². The Morgan fingerprint density at radius 2 is 2.39 bits per heavy atom. The zero-order valence-electron chi connectivity index (χ0n) is 11.2. The summed E-state index contributed by atoms with van der Waals surface area (Å²) in [4.78, 5) is 4.44. The highest BCUT2D eigenvalue weighted by Gasteiger charge is 2.23. The first-order chi connectivity index (χ1) is 8.70. The van der Waals surface area contributed by atoms with Crippen LogP contribution < -0.4 is 5.32 Å². The molecule has 6 heteroatoms. The van der Waals surface area contributed by atoms with Gasteiger partial charge in [0.1, 0.15) is 6.10 Å². The number of ether oxygens (including phenoxy) is 1. The van der Waals surface area contributed by atoms with Gasteiger partial charge in [0.2, 0.25) is 11.7 Å². The van der Waals surface area contributed by atoms with Gasteiger partial charge in [-0.15, -0.1) is 0 Å². The molecule has 0 bridgehead atoms. The molecule has 1 aromatic rings. The van der Waals surface area contributed by atoms with Gasteiger partial charge in [-0.25, -0.2) is 0 Å². The summed E-state index contributed by atoms with van der Waals surface area (Å²) in [6, 6.07) is 0.442. The third-order valence-electron chi connectivity index (χ3n) is 3.02. The molecule has 18 heavy (non-hydrogen) atoms. The van der Waals surface area contributed by atoms with Crippen LogP contribution in [-0.2, 0) is 11.2 Å². The molecule has 0 saturated carbocycles. The first-order valence-electron chi connectivity index (χ1n) is 6.37. The fraction of sp³-hybridized carbons (Fsp3) is 0.833. The van der Waals surface area contributed by atoms with Gasteiger partial charge in [0.25, 0.3) is 0 Å². The van der Waals surface area contributed by atoms with Crippen molar-refractivity contribution >= 4 is 11.8 Å². The molecule has 1 saturated heterocycles. The van der Waals surface area contributed by atoms with E-state index in [4.69, 9.17) is 9.26 Å². The highest BCUT2D eigenvalue weighted by molar-refractivity contribution is 7.99. The minimum absolute atomic E-state index is 0.0869.